The standard InChI is InChI=1S/C6H3I2.H2N.U/c7-5-1-2-6(8)4-3-5;;/h1-3H;1H2;/q2*-1;+2. The Morgan fingerprint density at radius 2 is 1.80 bits per heavy atom. The molecule has 0 atom stereocenters. The Hall–Kier alpha value is 1.69. The van der Waals surface area contributed by atoms with Crippen LogP contribution in [0.2, 0.25) is 0 Å². The van der Waals surface area contributed by atoms with Crippen molar-refractivity contribution < 1.29 is 31.1 Å². The molecule has 0 saturated carbocycles. The summed E-state index contributed by atoms with van der Waals surface area (Å²) < 4.78 is 2.41. The molecule has 0 heterocycles. The van der Waals surface area contributed by atoms with Crippen LogP contribution in [0.15, 0.2) is 18.2 Å². The molecule has 0 saturated heterocycles. The van der Waals surface area contributed by atoms with Crippen LogP contribution in [-0.2, 0) is 0 Å². The summed E-state index contributed by atoms with van der Waals surface area (Å²) in [5.74, 6) is 0. The van der Waals surface area contributed by atoms with E-state index in [4.69, 9.17) is 0 Å². The van der Waals surface area contributed by atoms with Crippen molar-refractivity contribution in [3.8, 4) is 0 Å². The summed E-state index contributed by atoms with van der Waals surface area (Å²) in [5, 5.41) is 0. The number of hydrogen-bond acceptors (Lipinski definition) is 0. The molecule has 0 aliphatic carbocycles. The fourth-order valence-corrected chi connectivity index (χ4v) is 1.06. The third kappa shape index (κ3) is 5.36. The first-order chi connectivity index (χ1) is 3.79. The second-order valence-electron chi connectivity index (χ2n) is 1.35. The topological polar surface area (TPSA) is 33.5 Å². The van der Waals surface area contributed by atoms with Crippen LogP contribution in [0.4, 0.5) is 0 Å². The summed E-state index contributed by atoms with van der Waals surface area (Å²) in [4.78, 5) is 0. The molecule has 1 aromatic rings. The second kappa shape index (κ2) is 7.35. The van der Waals surface area contributed by atoms with Crippen LogP contribution in [0.3, 0.4) is 0 Å². The van der Waals surface area contributed by atoms with Crippen LogP contribution < -0.4 is 0 Å². The van der Waals surface area contributed by atoms with Crippen molar-refractivity contribution in [1.82, 2.24) is 0 Å². The maximum atomic E-state index is 3.08. The van der Waals surface area contributed by atoms with E-state index in [1.54, 1.807) is 0 Å². The molecule has 1 aromatic carbocycles. The summed E-state index contributed by atoms with van der Waals surface area (Å²) in [7, 11) is 0. The normalized spacial score (nSPS) is 7.40. The molecule has 52 valence electrons. The molecule has 10 heavy (non-hydrogen) atoms. The maximum absolute atomic E-state index is 3.08. The fraction of sp³-hybridized carbons (Fsp3) is 0. The van der Waals surface area contributed by atoms with E-state index in [2.05, 4.69) is 57.3 Å². The predicted molar refractivity (Wildman–Crippen MR) is 56.0 cm³/mol. The van der Waals surface area contributed by atoms with Crippen molar-refractivity contribution in [2.24, 2.45) is 0 Å². The largest absolute Gasteiger partial charge is 2.00 e. The van der Waals surface area contributed by atoms with Gasteiger partial charge in [0.2, 0.25) is 0 Å². The van der Waals surface area contributed by atoms with Gasteiger partial charge >= 0.3 is 31.1 Å². The molecule has 0 fully saturated rings. The summed E-state index contributed by atoms with van der Waals surface area (Å²) in [6, 6.07) is 9.17. The summed E-state index contributed by atoms with van der Waals surface area (Å²) in [6.07, 6.45) is 0. The van der Waals surface area contributed by atoms with Gasteiger partial charge in [-0.1, -0.05) is 26.2 Å². The van der Waals surface area contributed by atoms with Gasteiger partial charge in [0.05, 0.1) is 0 Å². The molecule has 0 aliphatic heterocycles. The smallest absolute Gasteiger partial charge is 0.693 e. The van der Waals surface area contributed by atoms with Gasteiger partial charge in [-0.15, -0.1) is 26.2 Å². The molecule has 0 bridgehead atoms. The van der Waals surface area contributed by atoms with Gasteiger partial charge in [0.25, 0.3) is 0 Å². The summed E-state index contributed by atoms with van der Waals surface area (Å²) in [6.45, 7) is 0. The Morgan fingerprint density at radius 3 is 2.10 bits per heavy atom. The van der Waals surface area contributed by atoms with Crippen LogP contribution in [0.25, 0.3) is 6.15 Å². The molecular formula is C6H5I2NU. The van der Waals surface area contributed by atoms with E-state index in [1.807, 2.05) is 12.1 Å². The zero-order valence-corrected chi connectivity index (χ0v) is 13.5. The molecule has 1 rings (SSSR count). The SMILES string of the molecule is Ic1[c-]cc(I)cc1.[NH2-].[U+2]. The molecule has 0 aromatic heterocycles. The van der Waals surface area contributed by atoms with Gasteiger partial charge in [0.1, 0.15) is 0 Å². The number of rotatable bonds is 0. The monoisotopic (exact) mass is 583 g/mol. The zero-order valence-electron chi connectivity index (χ0n) is 5.07. The van der Waals surface area contributed by atoms with Gasteiger partial charge in [0, 0.05) is 0 Å². The van der Waals surface area contributed by atoms with Crippen LogP contribution >= 0.6 is 45.2 Å². The number of benzene rings is 1. The van der Waals surface area contributed by atoms with Crippen molar-refractivity contribution in [3.63, 3.8) is 0 Å². The van der Waals surface area contributed by atoms with Crippen LogP contribution in [0, 0.1) is 44.3 Å². The van der Waals surface area contributed by atoms with Crippen molar-refractivity contribution in [3.05, 3.63) is 37.6 Å². The Labute approximate surface area is 112 Å². The van der Waals surface area contributed by atoms with E-state index in [9.17, 15) is 0 Å². The molecule has 4 heteroatoms. The molecule has 0 aliphatic rings. The molecule has 0 amide bonds. The van der Waals surface area contributed by atoms with E-state index in [-0.39, 0.29) is 37.3 Å². The zero-order chi connectivity index (χ0) is 5.98. The van der Waals surface area contributed by atoms with Gasteiger partial charge < -0.3 is 6.15 Å². The minimum absolute atomic E-state index is 0. The van der Waals surface area contributed by atoms with E-state index in [0.717, 1.165) is 0 Å². The van der Waals surface area contributed by atoms with Crippen LogP contribution in [-0.4, -0.2) is 0 Å². The van der Waals surface area contributed by atoms with Gasteiger partial charge in [-0.05, 0) is 0 Å². The third-order valence-electron chi connectivity index (χ3n) is 0.737. The van der Waals surface area contributed by atoms with E-state index in [1.165, 1.54) is 7.14 Å². The summed E-state index contributed by atoms with van der Waals surface area (Å²) >= 11 is 4.50. The molecule has 0 unspecified atom stereocenters. The Morgan fingerprint density at radius 1 is 1.20 bits per heavy atom. The fourth-order valence-electron chi connectivity index (χ4n) is 0.387. The maximum Gasteiger partial charge on any atom is 2.00 e. The predicted octanol–water partition coefficient (Wildman–Crippen LogP) is 3.41. The average molecular weight is 583 g/mol. The molecule has 1 nitrogen and oxygen atoms in total. The van der Waals surface area contributed by atoms with E-state index < -0.39 is 0 Å². The van der Waals surface area contributed by atoms with Crippen molar-refractivity contribution in [2.75, 3.05) is 0 Å². The van der Waals surface area contributed by atoms with Gasteiger partial charge in [-0.25, -0.2) is 0 Å². The molecule has 0 spiro atoms. The average Bonchev–Trinajstić information content (AvgIpc) is 1.77. The number of hydrogen-bond donors (Lipinski definition) is 0. The first-order valence-electron chi connectivity index (χ1n) is 2.12. The Balaban J connectivity index is 0. The Kier molecular flexibility index (Phi) is 10.5. The van der Waals surface area contributed by atoms with Crippen molar-refractivity contribution in [2.45, 2.75) is 0 Å². The van der Waals surface area contributed by atoms with Gasteiger partial charge in [0.15, 0.2) is 0 Å². The van der Waals surface area contributed by atoms with Crippen LogP contribution in [0.1, 0.15) is 0 Å². The minimum Gasteiger partial charge on any atom is -0.693 e. The van der Waals surface area contributed by atoms with Crippen LogP contribution in [0.5, 0.6) is 0 Å². The second-order valence-corrected chi connectivity index (χ2v) is 3.76. The van der Waals surface area contributed by atoms with Crippen molar-refractivity contribution >= 4 is 45.2 Å². The summed E-state index contributed by atoms with van der Waals surface area (Å²) in [5.41, 5.74) is 0. The minimum atomic E-state index is 0. The van der Waals surface area contributed by atoms with E-state index in [0.29, 0.717) is 0 Å². The quantitative estimate of drug-likeness (QED) is 0.332. The number of halogens is 2. The molecule has 0 radical (unpaired) electrons. The molecule has 2 N–H and O–H groups in total. The first-order valence-corrected chi connectivity index (χ1v) is 4.27. The van der Waals surface area contributed by atoms with Gasteiger partial charge in [-0.3, -0.25) is 0 Å². The molecular weight excluding hydrogens is 578 g/mol. The first kappa shape index (κ1) is 14.2. The number of nitrogens with two attached hydrogens (primary N) is 1. The van der Waals surface area contributed by atoms with Gasteiger partial charge in [-0.2, -0.15) is 24.3 Å². The van der Waals surface area contributed by atoms with Crippen molar-refractivity contribution in [1.29, 1.82) is 0 Å². The third-order valence-corrected chi connectivity index (χ3v) is 2.08. The van der Waals surface area contributed by atoms with E-state index >= 15 is 0 Å². The Bertz CT molecular complexity index is 155.